The second-order valence-corrected chi connectivity index (χ2v) is 6.08. The van der Waals surface area contributed by atoms with E-state index in [4.69, 9.17) is 9.47 Å². The van der Waals surface area contributed by atoms with Crippen LogP contribution in [0.25, 0.3) is 0 Å². The molecule has 2 aromatic carbocycles. The van der Waals surface area contributed by atoms with Crippen LogP contribution in [0.5, 0.6) is 11.5 Å². The van der Waals surface area contributed by atoms with Crippen molar-refractivity contribution in [2.45, 2.75) is 19.3 Å². The number of esters is 1. The van der Waals surface area contributed by atoms with Crippen LogP contribution in [0.4, 0.5) is 5.69 Å². The first-order valence-corrected chi connectivity index (χ1v) is 8.65. The highest BCUT2D eigenvalue weighted by atomic mass is 16.5. The zero-order valence-electron chi connectivity index (χ0n) is 14.4. The van der Waals surface area contributed by atoms with E-state index in [0.717, 1.165) is 18.6 Å². The van der Waals surface area contributed by atoms with Gasteiger partial charge < -0.3 is 14.8 Å². The molecule has 0 saturated carbocycles. The summed E-state index contributed by atoms with van der Waals surface area (Å²) in [4.78, 5) is 23.9. The van der Waals surface area contributed by atoms with Gasteiger partial charge in [-0.25, -0.2) is 0 Å². The zero-order valence-corrected chi connectivity index (χ0v) is 14.4. The van der Waals surface area contributed by atoms with Crippen LogP contribution < -0.4 is 10.1 Å². The first-order valence-electron chi connectivity index (χ1n) is 8.65. The van der Waals surface area contributed by atoms with Gasteiger partial charge in [0.25, 0.3) is 5.91 Å². The molecule has 0 aromatic heterocycles. The largest absolute Gasteiger partial charge is 0.457 e. The summed E-state index contributed by atoms with van der Waals surface area (Å²) in [5.74, 6) is 0.611. The molecule has 5 heteroatoms. The molecule has 0 spiro atoms. The van der Waals surface area contributed by atoms with Gasteiger partial charge >= 0.3 is 5.97 Å². The SMILES string of the molecule is O=C(COC(=O)C1CC=CCC1)Nc1ccc(Oc2ccccc2)cc1. The van der Waals surface area contributed by atoms with Crippen LogP contribution in [0.1, 0.15) is 19.3 Å². The van der Waals surface area contributed by atoms with Gasteiger partial charge in [0.1, 0.15) is 11.5 Å². The average Bonchev–Trinajstić information content (AvgIpc) is 2.69. The number of nitrogens with one attached hydrogen (secondary N) is 1. The molecule has 0 heterocycles. The molecule has 3 rings (SSSR count). The van der Waals surface area contributed by atoms with Crippen molar-refractivity contribution in [1.82, 2.24) is 0 Å². The van der Waals surface area contributed by atoms with Gasteiger partial charge in [-0.3, -0.25) is 9.59 Å². The summed E-state index contributed by atoms with van der Waals surface area (Å²) in [5, 5.41) is 2.71. The van der Waals surface area contributed by atoms with Crippen molar-refractivity contribution in [3.8, 4) is 11.5 Å². The molecule has 0 aliphatic heterocycles. The van der Waals surface area contributed by atoms with Crippen LogP contribution in [0.15, 0.2) is 66.7 Å². The van der Waals surface area contributed by atoms with Gasteiger partial charge in [0.2, 0.25) is 0 Å². The van der Waals surface area contributed by atoms with E-state index in [1.807, 2.05) is 36.4 Å². The molecule has 0 bridgehead atoms. The summed E-state index contributed by atoms with van der Waals surface area (Å²) < 4.78 is 10.8. The summed E-state index contributed by atoms with van der Waals surface area (Å²) in [7, 11) is 0. The number of para-hydroxylation sites is 1. The molecule has 0 saturated heterocycles. The topological polar surface area (TPSA) is 64.6 Å². The number of anilines is 1. The minimum atomic E-state index is -0.360. The Morgan fingerprint density at radius 3 is 2.38 bits per heavy atom. The summed E-state index contributed by atoms with van der Waals surface area (Å²) in [6.45, 7) is -0.276. The standard InChI is InChI=1S/C21H21NO4/c23-20(15-25-21(24)16-7-3-1-4-8-16)22-17-11-13-19(14-12-17)26-18-9-5-2-6-10-18/h1-3,5-6,9-14,16H,4,7-8,15H2,(H,22,23). The minimum absolute atomic E-state index is 0.137. The maximum Gasteiger partial charge on any atom is 0.309 e. The Balaban J connectivity index is 1.45. The van der Waals surface area contributed by atoms with Crippen molar-refractivity contribution in [2.24, 2.45) is 5.92 Å². The number of carbonyl (C=O) groups is 2. The van der Waals surface area contributed by atoms with Crippen LogP contribution in [0.2, 0.25) is 0 Å². The second kappa shape index (κ2) is 8.85. The average molecular weight is 351 g/mol. The van der Waals surface area contributed by atoms with Crippen molar-refractivity contribution in [1.29, 1.82) is 0 Å². The van der Waals surface area contributed by atoms with Crippen molar-refractivity contribution >= 4 is 17.6 Å². The molecule has 1 unspecified atom stereocenters. The Hall–Kier alpha value is -3.08. The maximum atomic E-state index is 11.9. The number of hydrogen-bond donors (Lipinski definition) is 1. The number of rotatable bonds is 6. The van der Waals surface area contributed by atoms with Gasteiger partial charge in [0.15, 0.2) is 6.61 Å². The lowest BCUT2D eigenvalue weighted by Gasteiger charge is -2.16. The zero-order chi connectivity index (χ0) is 18.2. The molecule has 134 valence electrons. The van der Waals surface area contributed by atoms with Crippen molar-refractivity contribution in [3.05, 3.63) is 66.7 Å². The third kappa shape index (κ3) is 5.21. The van der Waals surface area contributed by atoms with E-state index in [-0.39, 0.29) is 24.4 Å². The lowest BCUT2D eigenvalue weighted by Crippen LogP contribution is -2.25. The first kappa shape index (κ1) is 17.7. The van der Waals surface area contributed by atoms with E-state index in [1.54, 1.807) is 24.3 Å². The van der Waals surface area contributed by atoms with Gasteiger partial charge in [-0.2, -0.15) is 0 Å². The van der Waals surface area contributed by atoms with Crippen molar-refractivity contribution in [3.63, 3.8) is 0 Å². The normalized spacial score (nSPS) is 15.9. The number of amides is 1. The minimum Gasteiger partial charge on any atom is -0.457 e. The number of hydrogen-bond acceptors (Lipinski definition) is 4. The highest BCUT2D eigenvalue weighted by Crippen LogP contribution is 2.23. The molecule has 1 aliphatic carbocycles. The molecule has 1 N–H and O–H groups in total. The molecule has 1 aliphatic rings. The summed E-state index contributed by atoms with van der Waals surface area (Å²) in [6, 6.07) is 16.5. The molecule has 2 aromatic rings. The first-order chi connectivity index (χ1) is 12.7. The van der Waals surface area contributed by atoms with Gasteiger partial charge in [-0.1, -0.05) is 30.4 Å². The van der Waals surface area contributed by atoms with E-state index in [9.17, 15) is 9.59 Å². The highest BCUT2D eigenvalue weighted by molar-refractivity contribution is 5.93. The fraction of sp³-hybridized carbons (Fsp3) is 0.238. The number of allylic oxidation sites excluding steroid dienone is 2. The van der Waals surface area contributed by atoms with E-state index in [0.29, 0.717) is 17.9 Å². The maximum absolute atomic E-state index is 11.9. The molecule has 26 heavy (non-hydrogen) atoms. The van der Waals surface area contributed by atoms with Gasteiger partial charge in [0.05, 0.1) is 5.92 Å². The number of ether oxygens (including phenoxy) is 2. The quantitative estimate of drug-likeness (QED) is 0.622. The lowest BCUT2D eigenvalue weighted by molar-refractivity contribution is -0.151. The predicted octanol–water partition coefficient (Wildman–Crippen LogP) is 4.32. The van der Waals surface area contributed by atoms with Crippen molar-refractivity contribution < 1.29 is 19.1 Å². The van der Waals surface area contributed by atoms with Crippen LogP contribution in [0, 0.1) is 5.92 Å². The van der Waals surface area contributed by atoms with Crippen LogP contribution in [0.3, 0.4) is 0 Å². The third-order valence-electron chi connectivity index (χ3n) is 4.06. The molecule has 5 nitrogen and oxygen atoms in total. The van der Waals surface area contributed by atoms with Gasteiger partial charge in [-0.15, -0.1) is 0 Å². The highest BCUT2D eigenvalue weighted by Gasteiger charge is 2.20. The molecule has 1 amide bonds. The van der Waals surface area contributed by atoms with Gasteiger partial charge in [-0.05, 0) is 55.7 Å². The summed E-state index contributed by atoms with van der Waals surface area (Å²) in [5.41, 5.74) is 0.618. The number of benzene rings is 2. The van der Waals surface area contributed by atoms with E-state index < -0.39 is 0 Å². The van der Waals surface area contributed by atoms with Crippen LogP contribution in [-0.2, 0) is 14.3 Å². The van der Waals surface area contributed by atoms with E-state index in [1.165, 1.54) is 0 Å². The van der Waals surface area contributed by atoms with Gasteiger partial charge in [0, 0.05) is 5.69 Å². The van der Waals surface area contributed by atoms with Crippen LogP contribution >= 0.6 is 0 Å². The van der Waals surface area contributed by atoms with E-state index in [2.05, 4.69) is 11.4 Å². The number of carbonyl (C=O) groups excluding carboxylic acids is 2. The van der Waals surface area contributed by atoms with E-state index >= 15 is 0 Å². The molecular formula is C21H21NO4. The lowest BCUT2D eigenvalue weighted by atomic mass is 9.95. The Labute approximate surface area is 152 Å². The monoisotopic (exact) mass is 351 g/mol. The third-order valence-corrected chi connectivity index (χ3v) is 4.06. The molecule has 0 radical (unpaired) electrons. The fourth-order valence-corrected chi connectivity index (χ4v) is 2.69. The summed E-state index contributed by atoms with van der Waals surface area (Å²) >= 11 is 0. The molecule has 0 fully saturated rings. The smallest absolute Gasteiger partial charge is 0.309 e. The molecular weight excluding hydrogens is 330 g/mol. The Kier molecular flexibility index (Phi) is 6.04. The fourth-order valence-electron chi connectivity index (χ4n) is 2.69. The Morgan fingerprint density at radius 1 is 0.962 bits per heavy atom. The second-order valence-electron chi connectivity index (χ2n) is 6.08. The summed E-state index contributed by atoms with van der Waals surface area (Å²) in [6.07, 6.45) is 6.38. The Morgan fingerprint density at radius 2 is 1.69 bits per heavy atom. The van der Waals surface area contributed by atoms with Crippen LogP contribution in [-0.4, -0.2) is 18.5 Å². The van der Waals surface area contributed by atoms with Crippen molar-refractivity contribution in [2.75, 3.05) is 11.9 Å². The predicted molar refractivity (Wildman–Crippen MR) is 99.0 cm³/mol. The Bertz CT molecular complexity index is 768. The molecule has 1 atom stereocenters.